The molecular weight excluding hydrogens is 344 g/mol. The predicted molar refractivity (Wildman–Crippen MR) is 100 cm³/mol. The number of aromatic amines is 1. The summed E-state index contributed by atoms with van der Waals surface area (Å²) in [4.78, 5) is 24.0. The number of aromatic hydroxyl groups is 1. The molecule has 0 aliphatic heterocycles. The Morgan fingerprint density at radius 3 is 2.37 bits per heavy atom. The number of phenols is 1. The van der Waals surface area contributed by atoms with Crippen LogP contribution in [0.2, 0.25) is 0 Å². The summed E-state index contributed by atoms with van der Waals surface area (Å²) in [6.07, 6.45) is 5.74. The van der Waals surface area contributed by atoms with Gasteiger partial charge in [0.2, 0.25) is 0 Å². The zero-order valence-corrected chi connectivity index (χ0v) is 14.2. The third-order valence-electron chi connectivity index (χ3n) is 3.71. The highest BCUT2D eigenvalue weighted by atomic mass is 16.3. The average Bonchev–Trinajstić information content (AvgIpc) is 3.21. The van der Waals surface area contributed by atoms with E-state index in [4.69, 9.17) is 0 Å². The van der Waals surface area contributed by atoms with Crippen molar-refractivity contribution in [3.8, 4) is 17.1 Å². The Bertz CT molecular complexity index is 990. The topological polar surface area (TPSA) is 109 Å². The Morgan fingerprint density at radius 2 is 1.67 bits per heavy atom. The molecule has 0 bridgehead atoms. The van der Waals surface area contributed by atoms with Crippen LogP contribution in [0.4, 0.5) is 0 Å². The van der Waals surface area contributed by atoms with Gasteiger partial charge in [0.25, 0.3) is 0 Å². The number of nitrogens with zero attached hydrogens (tertiary/aromatic N) is 3. The maximum absolute atomic E-state index is 12.1. The molecule has 2 N–H and O–H groups in total. The van der Waals surface area contributed by atoms with E-state index in [-0.39, 0.29) is 23.7 Å². The normalized spacial score (nSPS) is 11.3. The number of phenolic OH excluding ortho intramolecular Hbond substituents is 1. The summed E-state index contributed by atoms with van der Waals surface area (Å²) in [5.41, 5.74) is 2.28. The molecule has 0 amide bonds. The number of carbonyl (C=O) groups is 2. The van der Waals surface area contributed by atoms with Crippen LogP contribution in [0.3, 0.4) is 0 Å². The number of rotatable bonds is 7. The van der Waals surface area contributed by atoms with Crippen LogP contribution >= 0.6 is 0 Å². The standard InChI is InChI=1S/C20H16N4O3/c25-16-9-5-14(6-10-16)7-11-17(26)13-18(27)12-8-15-3-1-2-4-19(15)20-21-23-24-22-20/h1-12,25H,13H2,(H,21,22,23,24)/b11-7+,12-8+. The first-order valence-electron chi connectivity index (χ1n) is 8.16. The van der Waals surface area contributed by atoms with Gasteiger partial charge in [-0.05, 0) is 45.8 Å². The molecule has 2 aromatic carbocycles. The number of nitrogens with one attached hydrogen (secondary N) is 1. The number of hydrogen-bond donors (Lipinski definition) is 2. The average molecular weight is 360 g/mol. The van der Waals surface area contributed by atoms with Crippen molar-refractivity contribution in [1.82, 2.24) is 20.6 Å². The molecule has 0 fully saturated rings. The van der Waals surface area contributed by atoms with Crippen LogP contribution in [-0.4, -0.2) is 37.3 Å². The number of carbonyl (C=O) groups excluding carboxylic acids is 2. The summed E-state index contributed by atoms with van der Waals surface area (Å²) in [5, 5.41) is 22.9. The number of hydrogen-bond acceptors (Lipinski definition) is 6. The highest BCUT2D eigenvalue weighted by Crippen LogP contribution is 2.20. The highest BCUT2D eigenvalue weighted by molar-refractivity contribution is 6.11. The second-order valence-electron chi connectivity index (χ2n) is 5.70. The van der Waals surface area contributed by atoms with Gasteiger partial charge >= 0.3 is 0 Å². The number of ketones is 2. The van der Waals surface area contributed by atoms with Gasteiger partial charge in [0.05, 0.1) is 6.42 Å². The molecule has 0 unspecified atom stereocenters. The molecule has 0 radical (unpaired) electrons. The molecule has 134 valence electrons. The van der Waals surface area contributed by atoms with Gasteiger partial charge in [-0.3, -0.25) is 9.59 Å². The van der Waals surface area contributed by atoms with Crippen molar-refractivity contribution in [2.24, 2.45) is 0 Å². The van der Waals surface area contributed by atoms with Crippen molar-refractivity contribution in [2.45, 2.75) is 6.42 Å². The molecule has 0 aliphatic carbocycles. The summed E-state index contributed by atoms with van der Waals surface area (Å²) < 4.78 is 0. The van der Waals surface area contributed by atoms with Crippen molar-refractivity contribution in [1.29, 1.82) is 0 Å². The zero-order chi connectivity index (χ0) is 19.1. The number of benzene rings is 2. The van der Waals surface area contributed by atoms with E-state index < -0.39 is 0 Å². The van der Waals surface area contributed by atoms with Gasteiger partial charge in [-0.15, -0.1) is 5.10 Å². The Morgan fingerprint density at radius 1 is 0.963 bits per heavy atom. The number of H-pyrrole nitrogens is 1. The lowest BCUT2D eigenvalue weighted by molar-refractivity contribution is -0.121. The largest absolute Gasteiger partial charge is 0.508 e. The Labute approximate surface area is 155 Å². The maximum Gasteiger partial charge on any atom is 0.180 e. The van der Waals surface area contributed by atoms with Crippen LogP contribution in [0, 0.1) is 0 Å². The third kappa shape index (κ3) is 5.05. The Kier molecular flexibility index (Phi) is 5.64. The van der Waals surface area contributed by atoms with Crippen LogP contribution in [0.5, 0.6) is 5.75 Å². The van der Waals surface area contributed by atoms with Crippen molar-refractivity contribution in [3.63, 3.8) is 0 Å². The summed E-state index contributed by atoms with van der Waals surface area (Å²) in [7, 11) is 0. The van der Waals surface area contributed by atoms with E-state index in [1.807, 2.05) is 24.3 Å². The summed E-state index contributed by atoms with van der Waals surface area (Å²) >= 11 is 0. The molecule has 7 heteroatoms. The molecule has 1 heterocycles. The minimum absolute atomic E-state index is 0.153. The van der Waals surface area contributed by atoms with Gasteiger partial charge in [0.15, 0.2) is 17.4 Å². The van der Waals surface area contributed by atoms with Gasteiger partial charge < -0.3 is 5.11 Å². The van der Waals surface area contributed by atoms with Gasteiger partial charge in [0.1, 0.15) is 5.75 Å². The molecule has 27 heavy (non-hydrogen) atoms. The zero-order valence-electron chi connectivity index (χ0n) is 14.2. The number of allylic oxidation sites excluding steroid dienone is 2. The van der Waals surface area contributed by atoms with Gasteiger partial charge in [-0.2, -0.15) is 0 Å². The molecule has 0 atom stereocenters. The molecule has 3 rings (SSSR count). The summed E-state index contributed by atoms with van der Waals surface area (Å²) in [6.45, 7) is 0. The van der Waals surface area contributed by atoms with Crippen LogP contribution in [-0.2, 0) is 9.59 Å². The van der Waals surface area contributed by atoms with E-state index in [0.717, 1.165) is 16.7 Å². The molecule has 0 saturated heterocycles. The molecule has 3 aromatic rings. The van der Waals surface area contributed by atoms with Crippen LogP contribution in [0.25, 0.3) is 23.5 Å². The van der Waals surface area contributed by atoms with Crippen molar-refractivity contribution in [2.75, 3.05) is 0 Å². The smallest absolute Gasteiger partial charge is 0.180 e. The quantitative estimate of drug-likeness (QED) is 0.495. The fourth-order valence-corrected chi connectivity index (χ4v) is 2.38. The second-order valence-corrected chi connectivity index (χ2v) is 5.70. The minimum Gasteiger partial charge on any atom is -0.508 e. The van der Waals surface area contributed by atoms with Gasteiger partial charge in [0, 0.05) is 5.56 Å². The molecule has 7 nitrogen and oxygen atoms in total. The highest BCUT2D eigenvalue weighted by Gasteiger charge is 2.07. The monoisotopic (exact) mass is 360 g/mol. The molecular formula is C20H16N4O3. The van der Waals surface area contributed by atoms with Gasteiger partial charge in [-0.1, -0.05) is 48.6 Å². The maximum atomic E-state index is 12.1. The lowest BCUT2D eigenvalue weighted by Gasteiger charge is -2.01. The van der Waals surface area contributed by atoms with Gasteiger partial charge in [-0.25, -0.2) is 5.10 Å². The number of tetrazole rings is 1. The van der Waals surface area contributed by atoms with Crippen LogP contribution < -0.4 is 0 Å². The molecule has 1 aromatic heterocycles. The van der Waals surface area contributed by atoms with E-state index in [0.29, 0.717) is 5.82 Å². The van der Waals surface area contributed by atoms with Crippen molar-refractivity contribution >= 4 is 23.7 Å². The fourth-order valence-electron chi connectivity index (χ4n) is 2.38. The lowest BCUT2D eigenvalue weighted by Crippen LogP contribution is -2.02. The molecule has 0 aliphatic rings. The SMILES string of the molecule is O=C(/C=C/c1ccc(O)cc1)CC(=O)/C=C/c1ccccc1-c1nnn[nH]1. The predicted octanol–water partition coefficient (Wildman–Crippen LogP) is 2.83. The van der Waals surface area contributed by atoms with E-state index in [9.17, 15) is 14.7 Å². The lowest BCUT2D eigenvalue weighted by atomic mass is 10.1. The summed E-state index contributed by atoms with van der Waals surface area (Å²) in [6, 6.07) is 13.7. The van der Waals surface area contributed by atoms with E-state index >= 15 is 0 Å². The first-order valence-corrected chi connectivity index (χ1v) is 8.16. The fraction of sp³-hybridized carbons (Fsp3) is 0.0500. The van der Waals surface area contributed by atoms with Crippen LogP contribution in [0.15, 0.2) is 60.7 Å². The van der Waals surface area contributed by atoms with E-state index in [1.54, 1.807) is 24.3 Å². The van der Waals surface area contributed by atoms with Crippen LogP contribution in [0.1, 0.15) is 17.5 Å². The Balaban J connectivity index is 1.62. The number of aromatic nitrogens is 4. The first kappa shape index (κ1) is 17.9. The minimum atomic E-state index is -0.305. The van der Waals surface area contributed by atoms with Crippen molar-refractivity contribution in [3.05, 3.63) is 71.8 Å². The molecule has 0 spiro atoms. The Hall–Kier alpha value is -3.87. The molecule has 0 saturated carbocycles. The third-order valence-corrected chi connectivity index (χ3v) is 3.71. The van der Waals surface area contributed by atoms with Crippen molar-refractivity contribution < 1.29 is 14.7 Å². The van der Waals surface area contributed by atoms with E-state index in [1.165, 1.54) is 24.3 Å². The van der Waals surface area contributed by atoms with E-state index in [2.05, 4.69) is 20.6 Å². The summed E-state index contributed by atoms with van der Waals surface area (Å²) in [5.74, 6) is 0.0436. The second kappa shape index (κ2) is 8.48. The first-order chi connectivity index (χ1) is 13.1.